The van der Waals surface area contributed by atoms with Gasteiger partial charge in [-0.15, -0.1) is 0 Å². The zero-order chi connectivity index (χ0) is 14.3. The van der Waals surface area contributed by atoms with Crippen LogP contribution in [0, 0.1) is 0 Å². The molecule has 0 aromatic carbocycles. The molecule has 0 atom stereocenters. The first-order chi connectivity index (χ1) is 9.12. The number of nitrogens with two attached hydrogens (primary N) is 1. The standard InChI is InChI=1S/C14H25N3O2/c1-4-7-17-11-12(15)10-13(17)14(18)19-9-8-16(5-2)6-3/h10-11H,4-9,15H2,1-3H3. The van der Waals surface area contributed by atoms with E-state index in [9.17, 15) is 4.79 Å². The van der Waals surface area contributed by atoms with Crippen LogP contribution in [0.1, 0.15) is 37.7 Å². The molecular formula is C14H25N3O2. The van der Waals surface area contributed by atoms with Crippen LogP contribution in [0.4, 0.5) is 5.69 Å². The zero-order valence-corrected chi connectivity index (χ0v) is 12.2. The largest absolute Gasteiger partial charge is 0.460 e. The van der Waals surface area contributed by atoms with Crippen molar-refractivity contribution in [1.82, 2.24) is 9.47 Å². The molecule has 5 heteroatoms. The SMILES string of the molecule is CCCn1cc(N)cc1C(=O)OCCN(CC)CC. The Bertz CT molecular complexity index is 397. The zero-order valence-electron chi connectivity index (χ0n) is 12.2. The number of anilines is 1. The average molecular weight is 267 g/mol. The van der Waals surface area contributed by atoms with E-state index in [1.165, 1.54) is 0 Å². The Morgan fingerprint density at radius 2 is 2.05 bits per heavy atom. The van der Waals surface area contributed by atoms with Gasteiger partial charge in [-0.1, -0.05) is 20.8 Å². The van der Waals surface area contributed by atoms with Gasteiger partial charge in [-0.05, 0) is 25.6 Å². The molecule has 0 fully saturated rings. The van der Waals surface area contributed by atoms with Crippen molar-refractivity contribution >= 4 is 11.7 Å². The van der Waals surface area contributed by atoms with Crippen LogP contribution >= 0.6 is 0 Å². The molecule has 0 bridgehead atoms. The Balaban J connectivity index is 2.53. The summed E-state index contributed by atoms with van der Waals surface area (Å²) in [6, 6.07) is 1.68. The normalized spacial score (nSPS) is 10.9. The molecule has 1 aromatic rings. The third-order valence-corrected chi connectivity index (χ3v) is 3.13. The summed E-state index contributed by atoms with van der Waals surface area (Å²) >= 11 is 0. The van der Waals surface area contributed by atoms with Crippen molar-refractivity contribution in [2.45, 2.75) is 33.7 Å². The quantitative estimate of drug-likeness (QED) is 0.732. The summed E-state index contributed by atoms with van der Waals surface area (Å²) in [6.45, 7) is 10.1. The summed E-state index contributed by atoms with van der Waals surface area (Å²) in [7, 11) is 0. The molecule has 0 aliphatic rings. The maximum absolute atomic E-state index is 12.0. The molecule has 5 nitrogen and oxygen atoms in total. The lowest BCUT2D eigenvalue weighted by molar-refractivity contribution is 0.0454. The number of ether oxygens (including phenoxy) is 1. The monoisotopic (exact) mass is 267 g/mol. The average Bonchev–Trinajstić information content (AvgIpc) is 2.76. The maximum atomic E-state index is 12.0. The number of aryl methyl sites for hydroxylation is 1. The van der Waals surface area contributed by atoms with Gasteiger partial charge in [0.15, 0.2) is 0 Å². The lowest BCUT2D eigenvalue weighted by Crippen LogP contribution is -2.28. The molecule has 1 aromatic heterocycles. The van der Waals surface area contributed by atoms with E-state index in [2.05, 4.69) is 25.7 Å². The van der Waals surface area contributed by atoms with E-state index in [0.717, 1.165) is 32.6 Å². The highest BCUT2D eigenvalue weighted by Crippen LogP contribution is 2.12. The van der Waals surface area contributed by atoms with Gasteiger partial charge in [-0.25, -0.2) is 4.79 Å². The molecular weight excluding hydrogens is 242 g/mol. The minimum absolute atomic E-state index is 0.294. The first-order valence-electron chi connectivity index (χ1n) is 6.97. The van der Waals surface area contributed by atoms with Gasteiger partial charge < -0.3 is 19.9 Å². The van der Waals surface area contributed by atoms with Crippen LogP contribution in [0.5, 0.6) is 0 Å². The first kappa shape index (κ1) is 15.6. The predicted molar refractivity (Wildman–Crippen MR) is 77.2 cm³/mol. The van der Waals surface area contributed by atoms with Gasteiger partial charge in [-0.2, -0.15) is 0 Å². The van der Waals surface area contributed by atoms with E-state index in [-0.39, 0.29) is 5.97 Å². The predicted octanol–water partition coefficient (Wildman–Crippen LogP) is 1.98. The highest BCUT2D eigenvalue weighted by Gasteiger charge is 2.14. The van der Waals surface area contributed by atoms with E-state index in [1.807, 2.05) is 4.57 Å². The smallest absolute Gasteiger partial charge is 0.355 e. The molecule has 108 valence electrons. The number of hydrogen-bond acceptors (Lipinski definition) is 4. The van der Waals surface area contributed by atoms with Gasteiger partial charge in [0.25, 0.3) is 0 Å². The Hall–Kier alpha value is -1.49. The minimum atomic E-state index is -0.294. The van der Waals surface area contributed by atoms with E-state index >= 15 is 0 Å². The number of nitrogens with zero attached hydrogens (tertiary/aromatic N) is 2. The van der Waals surface area contributed by atoms with Crippen molar-refractivity contribution in [2.24, 2.45) is 0 Å². The molecule has 0 unspecified atom stereocenters. The number of nitrogen functional groups attached to an aromatic ring is 1. The van der Waals surface area contributed by atoms with Crippen molar-refractivity contribution in [1.29, 1.82) is 0 Å². The molecule has 0 radical (unpaired) electrons. The van der Waals surface area contributed by atoms with Crippen molar-refractivity contribution in [2.75, 3.05) is 32.0 Å². The number of rotatable bonds is 8. The number of likely N-dealkylation sites (N-methyl/N-ethyl adjacent to an activating group) is 1. The summed E-state index contributed by atoms with van der Waals surface area (Å²) < 4.78 is 7.16. The molecule has 0 amide bonds. The summed E-state index contributed by atoms with van der Waals surface area (Å²) in [5.74, 6) is -0.294. The molecule has 0 aliphatic carbocycles. The second kappa shape index (κ2) is 7.84. The lowest BCUT2D eigenvalue weighted by Gasteiger charge is -2.17. The van der Waals surface area contributed by atoms with Crippen LogP contribution in [0.2, 0.25) is 0 Å². The van der Waals surface area contributed by atoms with Crippen LogP contribution in [0.3, 0.4) is 0 Å². The highest BCUT2D eigenvalue weighted by molar-refractivity contribution is 5.89. The molecule has 0 saturated heterocycles. The number of carbonyl (C=O) groups excluding carboxylic acids is 1. The van der Waals surface area contributed by atoms with Gasteiger partial charge in [0.1, 0.15) is 12.3 Å². The van der Waals surface area contributed by atoms with Crippen LogP contribution in [0.25, 0.3) is 0 Å². The second-order valence-electron chi connectivity index (χ2n) is 4.51. The molecule has 0 aliphatic heterocycles. The molecule has 19 heavy (non-hydrogen) atoms. The summed E-state index contributed by atoms with van der Waals surface area (Å²) in [5, 5.41) is 0. The van der Waals surface area contributed by atoms with Crippen LogP contribution in [0.15, 0.2) is 12.3 Å². The molecule has 0 spiro atoms. The summed E-state index contributed by atoms with van der Waals surface area (Å²) in [6.07, 6.45) is 2.73. The number of esters is 1. The Labute approximate surface area is 115 Å². The van der Waals surface area contributed by atoms with E-state index in [1.54, 1.807) is 12.3 Å². The third-order valence-electron chi connectivity index (χ3n) is 3.13. The van der Waals surface area contributed by atoms with Gasteiger partial charge in [0.2, 0.25) is 0 Å². The van der Waals surface area contributed by atoms with E-state index < -0.39 is 0 Å². The number of hydrogen-bond donors (Lipinski definition) is 1. The Morgan fingerprint density at radius 3 is 2.63 bits per heavy atom. The summed E-state index contributed by atoms with van der Waals surface area (Å²) in [4.78, 5) is 14.2. The first-order valence-corrected chi connectivity index (χ1v) is 6.97. The van der Waals surface area contributed by atoms with Gasteiger partial charge >= 0.3 is 5.97 Å². The van der Waals surface area contributed by atoms with Crippen molar-refractivity contribution in [3.8, 4) is 0 Å². The fourth-order valence-corrected chi connectivity index (χ4v) is 2.01. The Morgan fingerprint density at radius 1 is 1.37 bits per heavy atom. The summed E-state index contributed by atoms with van der Waals surface area (Å²) in [5.41, 5.74) is 6.87. The van der Waals surface area contributed by atoms with Gasteiger partial charge in [-0.3, -0.25) is 0 Å². The van der Waals surface area contributed by atoms with Crippen molar-refractivity contribution in [3.05, 3.63) is 18.0 Å². The highest BCUT2D eigenvalue weighted by atomic mass is 16.5. The van der Waals surface area contributed by atoms with Gasteiger partial charge in [0.05, 0.1) is 5.69 Å². The fourth-order valence-electron chi connectivity index (χ4n) is 2.01. The third kappa shape index (κ3) is 4.59. The molecule has 1 heterocycles. The minimum Gasteiger partial charge on any atom is -0.460 e. The van der Waals surface area contributed by atoms with Crippen molar-refractivity contribution in [3.63, 3.8) is 0 Å². The van der Waals surface area contributed by atoms with Gasteiger partial charge in [0, 0.05) is 19.3 Å². The number of aromatic nitrogens is 1. The molecule has 2 N–H and O–H groups in total. The molecule has 0 saturated carbocycles. The molecule has 1 rings (SSSR count). The fraction of sp³-hybridized carbons (Fsp3) is 0.643. The van der Waals surface area contributed by atoms with Crippen LogP contribution < -0.4 is 5.73 Å². The Kier molecular flexibility index (Phi) is 6.42. The van der Waals surface area contributed by atoms with E-state index in [0.29, 0.717) is 18.0 Å². The van der Waals surface area contributed by atoms with Crippen LogP contribution in [-0.4, -0.2) is 41.7 Å². The van der Waals surface area contributed by atoms with E-state index in [4.69, 9.17) is 10.5 Å². The van der Waals surface area contributed by atoms with Crippen molar-refractivity contribution < 1.29 is 9.53 Å². The van der Waals surface area contributed by atoms with Crippen LogP contribution in [-0.2, 0) is 11.3 Å². The number of carbonyl (C=O) groups is 1. The second-order valence-corrected chi connectivity index (χ2v) is 4.51. The maximum Gasteiger partial charge on any atom is 0.355 e. The lowest BCUT2D eigenvalue weighted by atomic mass is 10.4. The topological polar surface area (TPSA) is 60.5 Å².